The van der Waals surface area contributed by atoms with Gasteiger partial charge in [-0.3, -0.25) is 9.36 Å². The zero-order valence-electron chi connectivity index (χ0n) is 12.5. The van der Waals surface area contributed by atoms with Gasteiger partial charge in [0, 0.05) is 20.3 Å². The van der Waals surface area contributed by atoms with Crippen LogP contribution in [0.25, 0.3) is 0 Å². The second kappa shape index (κ2) is 6.52. The zero-order valence-corrected chi connectivity index (χ0v) is 13.3. The number of amides is 1. The van der Waals surface area contributed by atoms with E-state index < -0.39 is 11.9 Å². The first kappa shape index (κ1) is 17.2. The molecule has 11 heteroatoms. The minimum Gasteiger partial charge on any atom is -0.347 e. The van der Waals surface area contributed by atoms with Crippen molar-refractivity contribution >= 4 is 17.7 Å². The molecule has 0 radical (unpaired) electrons. The molecule has 0 N–H and O–H groups in total. The molecular weight excluding hydrogens is 333 g/mol. The highest BCUT2D eigenvalue weighted by Crippen LogP contribution is 2.30. The molecular formula is C12H13F3N6OS. The monoisotopic (exact) mass is 346 g/mol. The maximum absolute atomic E-state index is 12.7. The van der Waals surface area contributed by atoms with Crippen LogP contribution in [0.4, 0.5) is 13.2 Å². The Kier molecular flexibility index (Phi) is 4.88. The zero-order chi connectivity index (χ0) is 17.2. The van der Waals surface area contributed by atoms with E-state index in [9.17, 15) is 18.0 Å². The first-order valence-electron chi connectivity index (χ1n) is 6.36. The lowest BCUT2D eigenvalue weighted by Gasteiger charge is -2.12. The molecule has 0 aliphatic heterocycles. The molecule has 0 fully saturated rings. The molecule has 7 nitrogen and oxygen atoms in total. The number of rotatable bonds is 4. The van der Waals surface area contributed by atoms with Gasteiger partial charge in [0.05, 0.1) is 0 Å². The number of carbonyl (C=O) groups excluding carboxylic acids is 1. The highest BCUT2D eigenvalue weighted by Gasteiger charge is 2.33. The fourth-order valence-corrected chi connectivity index (χ4v) is 2.33. The summed E-state index contributed by atoms with van der Waals surface area (Å²) in [4.78, 5) is 20.5. The van der Waals surface area contributed by atoms with Crippen molar-refractivity contribution in [3.63, 3.8) is 0 Å². The molecule has 23 heavy (non-hydrogen) atoms. The molecule has 0 bridgehead atoms. The van der Waals surface area contributed by atoms with Gasteiger partial charge in [0.1, 0.15) is 18.1 Å². The van der Waals surface area contributed by atoms with E-state index in [4.69, 9.17) is 0 Å². The van der Waals surface area contributed by atoms with Gasteiger partial charge < -0.3 is 4.90 Å². The van der Waals surface area contributed by atoms with Crippen LogP contribution in [0.2, 0.25) is 0 Å². The summed E-state index contributed by atoms with van der Waals surface area (Å²) < 4.78 is 39.5. The molecule has 0 aliphatic rings. The van der Waals surface area contributed by atoms with Crippen LogP contribution >= 0.6 is 11.8 Å². The minimum atomic E-state index is -4.55. The molecule has 0 unspecified atom stereocenters. The summed E-state index contributed by atoms with van der Waals surface area (Å²) >= 11 is 0.815. The van der Waals surface area contributed by atoms with E-state index in [0.29, 0.717) is 5.82 Å². The number of alkyl halides is 3. The average Bonchev–Trinajstić information content (AvgIpc) is 2.79. The van der Waals surface area contributed by atoms with Gasteiger partial charge in [0.15, 0.2) is 10.3 Å². The Labute approximate surface area is 133 Å². The fourth-order valence-electron chi connectivity index (χ4n) is 1.53. The summed E-state index contributed by atoms with van der Waals surface area (Å²) in [5, 5.41) is 7.83. The Bertz CT molecular complexity index is 715. The lowest BCUT2D eigenvalue weighted by atomic mass is 10.4. The molecule has 0 aliphatic carbocycles. The van der Waals surface area contributed by atoms with Crippen molar-refractivity contribution < 1.29 is 18.0 Å². The Morgan fingerprint density at radius 2 is 2.04 bits per heavy atom. The number of halogens is 3. The molecule has 0 spiro atoms. The molecule has 0 atom stereocenters. The van der Waals surface area contributed by atoms with E-state index in [-0.39, 0.29) is 22.8 Å². The summed E-state index contributed by atoms with van der Waals surface area (Å²) in [5.41, 5.74) is -1.04. The average molecular weight is 346 g/mol. The van der Waals surface area contributed by atoms with Crippen molar-refractivity contribution in [1.82, 2.24) is 29.6 Å². The lowest BCUT2D eigenvalue weighted by molar-refractivity contribution is -0.141. The summed E-state index contributed by atoms with van der Waals surface area (Å²) in [6, 6.07) is 0.787. The van der Waals surface area contributed by atoms with Crippen molar-refractivity contribution in [3.8, 4) is 0 Å². The number of aromatic nitrogens is 5. The van der Waals surface area contributed by atoms with Gasteiger partial charge in [-0.25, -0.2) is 9.97 Å². The third kappa shape index (κ3) is 4.18. The van der Waals surface area contributed by atoms with Crippen molar-refractivity contribution in [3.05, 3.63) is 23.8 Å². The van der Waals surface area contributed by atoms with E-state index >= 15 is 0 Å². The van der Waals surface area contributed by atoms with Crippen LogP contribution in [0.1, 0.15) is 11.5 Å². The van der Waals surface area contributed by atoms with Crippen molar-refractivity contribution in [2.75, 3.05) is 14.1 Å². The van der Waals surface area contributed by atoms with Crippen LogP contribution in [0.5, 0.6) is 0 Å². The van der Waals surface area contributed by atoms with E-state index in [1.54, 1.807) is 21.0 Å². The molecule has 0 saturated heterocycles. The van der Waals surface area contributed by atoms with Crippen LogP contribution in [0, 0.1) is 6.92 Å². The first-order chi connectivity index (χ1) is 10.7. The number of carbonyl (C=O) groups is 1. The smallest absolute Gasteiger partial charge is 0.347 e. The molecule has 0 saturated carbocycles. The van der Waals surface area contributed by atoms with Gasteiger partial charge in [0.2, 0.25) is 5.91 Å². The van der Waals surface area contributed by atoms with Gasteiger partial charge in [0.25, 0.3) is 0 Å². The maximum Gasteiger partial charge on any atom is 0.433 e. The second-order valence-electron chi connectivity index (χ2n) is 4.73. The SMILES string of the molecule is Cc1nnc(Sc2nccc(C(F)(F)F)n2)n1CC(=O)N(C)C. The van der Waals surface area contributed by atoms with E-state index in [2.05, 4.69) is 20.2 Å². The molecule has 124 valence electrons. The summed E-state index contributed by atoms with van der Waals surface area (Å²) in [6.07, 6.45) is -3.53. The molecule has 0 aromatic carbocycles. The Morgan fingerprint density at radius 3 is 2.65 bits per heavy atom. The highest BCUT2D eigenvalue weighted by atomic mass is 32.2. The summed E-state index contributed by atoms with van der Waals surface area (Å²) in [6.45, 7) is 1.63. The third-order valence-corrected chi connectivity index (χ3v) is 3.66. The standard InChI is InChI=1S/C12H13F3N6OS/c1-7-18-19-11(21(7)6-9(22)20(2)3)23-10-16-5-4-8(17-10)12(13,14)15/h4-5H,6H2,1-3H3. The molecule has 2 aromatic rings. The Morgan fingerprint density at radius 1 is 1.35 bits per heavy atom. The molecule has 2 aromatic heterocycles. The summed E-state index contributed by atoms with van der Waals surface area (Å²) in [5.74, 6) is 0.273. The van der Waals surface area contributed by atoms with Crippen molar-refractivity contribution in [2.45, 2.75) is 30.0 Å². The van der Waals surface area contributed by atoms with E-state index in [1.807, 2.05) is 0 Å². The molecule has 1 amide bonds. The van der Waals surface area contributed by atoms with Crippen LogP contribution in [0.15, 0.2) is 22.6 Å². The normalized spacial score (nSPS) is 11.6. The number of nitrogens with zero attached hydrogens (tertiary/aromatic N) is 6. The lowest BCUT2D eigenvalue weighted by Crippen LogP contribution is -2.27. The Balaban J connectivity index is 2.26. The number of aryl methyl sites for hydroxylation is 1. The Hall–Kier alpha value is -2.17. The topological polar surface area (TPSA) is 76.8 Å². The van der Waals surface area contributed by atoms with E-state index in [0.717, 1.165) is 24.0 Å². The van der Waals surface area contributed by atoms with Gasteiger partial charge in [-0.1, -0.05) is 0 Å². The maximum atomic E-state index is 12.7. The largest absolute Gasteiger partial charge is 0.433 e. The van der Waals surface area contributed by atoms with Gasteiger partial charge in [-0.05, 0) is 24.8 Å². The third-order valence-electron chi connectivity index (χ3n) is 2.80. The number of hydrogen-bond donors (Lipinski definition) is 0. The van der Waals surface area contributed by atoms with Crippen LogP contribution in [-0.2, 0) is 17.5 Å². The van der Waals surface area contributed by atoms with Crippen LogP contribution in [-0.4, -0.2) is 49.6 Å². The second-order valence-corrected chi connectivity index (χ2v) is 5.66. The van der Waals surface area contributed by atoms with Crippen LogP contribution in [0.3, 0.4) is 0 Å². The predicted molar refractivity (Wildman–Crippen MR) is 74.6 cm³/mol. The van der Waals surface area contributed by atoms with Crippen LogP contribution < -0.4 is 0 Å². The molecule has 2 rings (SSSR count). The number of hydrogen-bond acceptors (Lipinski definition) is 6. The fraction of sp³-hybridized carbons (Fsp3) is 0.417. The minimum absolute atomic E-state index is 0.0207. The molecule has 2 heterocycles. The van der Waals surface area contributed by atoms with Gasteiger partial charge >= 0.3 is 6.18 Å². The quantitative estimate of drug-likeness (QED) is 0.783. The first-order valence-corrected chi connectivity index (χ1v) is 7.18. The van der Waals surface area contributed by atoms with Gasteiger partial charge in [-0.2, -0.15) is 13.2 Å². The number of likely N-dealkylation sites (N-methyl/N-ethyl adjacent to an activating group) is 1. The van der Waals surface area contributed by atoms with Crippen molar-refractivity contribution in [1.29, 1.82) is 0 Å². The van der Waals surface area contributed by atoms with Gasteiger partial charge in [-0.15, -0.1) is 10.2 Å². The predicted octanol–water partition coefficient (Wildman–Crippen LogP) is 1.63. The summed E-state index contributed by atoms with van der Waals surface area (Å²) in [7, 11) is 3.20. The van der Waals surface area contributed by atoms with Crippen molar-refractivity contribution in [2.24, 2.45) is 0 Å². The highest BCUT2D eigenvalue weighted by molar-refractivity contribution is 7.99. The van der Waals surface area contributed by atoms with E-state index in [1.165, 1.54) is 9.47 Å².